The monoisotopic (exact) mass is 285 g/mol. The van der Waals surface area contributed by atoms with E-state index in [0.717, 1.165) is 6.07 Å². The van der Waals surface area contributed by atoms with Crippen molar-refractivity contribution in [1.29, 1.82) is 0 Å². The molecule has 0 atom stereocenters. The van der Waals surface area contributed by atoms with Gasteiger partial charge < -0.3 is 0 Å². The fraction of sp³-hybridized carbons (Fsp3) is 0.500. The van der Waals surface area contributed by atoms with E-state index in [1.54, 1.807) is 0 Å². The van der Waals surface area contributed by atoms with E-state index in [4.69, 9.17) is 0 Å². The van der Waals surface area contributed by atoms with Crippen molar-refractivity contribution in [2.75, 3.05) is 6.61 Å². The Bertz CT molecular complexity index is 389. The molecule has 1 aromatic rings. The Labute approximate surface area is 105 Å². The van der Waals surface area contributed by atoms with Gasteiger partial charge in [-0.3, -0.25) is 0 Å². The van der Waals surface area contributed by atoms with E-state index >= 15 is 0 Å². The van der Waals surface area contributed by atoms with Crippen LogP contribution in [0.25, 0.3) is 0 Å². The Morgan fingerprint density at radius 1 is 0.842 bits per heavy atom. The molecule has 19 heavy (non-hydrogen) atoms. The number of hydrogen-bond acceptors (Lipinski definition) is 0. The highest BCUT2D eigenvalue weighted by atomic mass is 19.4. The van der Waals surface area contributed by atoms with Gasteiger partial charge in [-0.25, -0.2) is 5.11 Å². The van der Waals surface area contributed by atoms with Gasteiger partial charge in [0.05, 0.1) is 17.7 Å². The quantitative estimate of drug-likeness (QED) is 0.574. The summed E-state index contributed by atoms with van der Waals surface area (Å²) in [6.07, 6.45) is -10.0. The molecule has 1 rings (SSSR count). The highest BCUT2D eigenvalue weighted by molar-refractivity contribution is 5.39. The van der Waals surface area contributed by atoms with Crippen molar-refractivity contribution in [1.82, 2.24) is 0 Å². The third-order valence-corrected chi connectivity index (χ3v) is 2.61. The van der Waals surface area contributed by atoms with Crippen molar-refractivity contribution >= 4 is 0 Å². The fourth-order valence-electron chi connectivity index (χ4n) is 1.79. The second kappa shape index (κ2) is 5.81. The molecule has 107 valence electrons. The average Bonchev–Trinajstić information content (AvgIpc) is 2.26. The zero-order chi connectivity index (χ0) is 14.7. The van der Waals surface area contributed by atoms with Crippen LogP contribution in [-0.4, -0.2) is 6.61 Å². The third kappa shape index (κ3) is 4.12. The molecule has 0 amide bonds. The van der Waals surface area contributed by atoms with Gasteiger partial charge in [0.15, 0.2) is 0 Å². The van der Waals surface area contributed by atoms with Crippen LogP contribution in [-0.2, 0) is 23.9 Å². The van der Waals surface area contributed by atoms with E-state index in [9.17, 15) is 31.4 Å². The highest BCUT2D eigenvalue weighted by Crippen LogP contribution is 2.39. The summed E-state index contributed by atoms with van der Waals surface area (Å²) < 4.78 is 76.2. The first-order valence-electron chi connectivity index (χ1n) is 5.52. The smallest absolute Gasteiger partial charge is 0.237 e. The second-order valence-electron chi connectivity index (χ2n) is 3.99. The Morgan fingerprint density at radius 2 is 1.32 bits per heavy atom. The molecule has 0 aromatic heterocycles. The summed E-state index contributed by atoms with van der Waals surface area (Å²) in [6.45, 7) is -0.518. The lowest BCUT2D eigenvalue weighted by atomic mass is 9.95. The van der Waals surface area contributed by atoms with Gasteiger partial charge in [-0.1, -0.05) is 6.07 Å². The molecule has 0 saturated carbocycles. The molecule has 1 aromatic carbocycles. The Balaban J connectivity index is 3.25. The first kappa shape index (κ1) is 15.8. The van der Waals surface area contributed by atoms with Gasteiger partial charge in [-0.05, 0) is 37.0 Å². The zero-order valence-electron chi connectivity index (χ0n) is 9.74. The van der Waals surface area contributed by atoms with Crippen LogP contribution in [0.15, 0.2) is 18.2 Å². The summed E-state index contributed by atoms with van der Waals surface area (Å²) in [5.41, 5.74) is -3.35. The van der Waals surface area contributed by atoms with Crippen LogP contribution in [0.1, 0.15) is 29.5 Å². The number of alkyl halides is 6. The van der Waals surface area contributed by atoms with Crippen LogP contribution in [0.5, 0.6) is 0 Å². The molecule has 0 N–H and O–H groups in total. The standard InChI is InChI=1S/C12H11F6O/c13-11(14,15)9-5-3-6-10(12(16,17)18)8(9)4-1-2-7-19/h3,5-6H,1-2,4,7H2. The van der Waals surface area contributed by atoms with Gasteiger partial charge >= 0.3 is 12.4 Å². The predicted molar refractivity (Wildman–Crippen MR) is 54.9 cm³/mol. The fourth-order valence-corrected chi connectivity index (χ4v) is 1.79. The summed E-state index contributed by atoms with van der Waals surface area (Å²) in [6, 6.07) is 1.99. The molecule has 0 heterocycles. The van der Waals surface area contributed by atoms with Crippen LogP contribution in [0.3, 0.4) is 0 Å². The molecule has 0 aliphatic carbocycles. The van der Waals surface area contributed by atoms with E-state index in [1.165, 1.54) is 0 Å². The van der Waals surface area contributed by atoms with Crippen LogP contribution >= 0.6 is 0 Å². The molecule has 1 nitrogen and oxygen atoms in total. The summed E-state index contributed by atoms with van der Waals surface area (Å²) in [5.74, 6) is 0. The topological polar surface area (TPSA) is 19.9 Å². The van der Waals surface area contributed by atoms with Gasteiger partial charge in [-0.15, -0.1) is 0 Å². The van der Waals surface area contributed by atoms with Crippen LogP contribution in [0, 0.1) is 0 Å². The number of benzene rings is 1. The predicted octanol–water partition coefficient (Wildman–Crippen LogP) is 4.48. The molecular formula is C12H11F6O. The maximum Gasteiger partial charge on any atom is 0.416 e. The van der Waals surface area contributed by atoms with E-state index in [0.29, 0.717) is 12.1 Å². The largest absolute Gasteiger partial charge is 0.416 e. The summed E-state index contributed by atoms with van der Waals surface area (Å²) >= 11 is 0. The lowest BCUT2D eigenvalue weighted by Gasteiger charge is -2.18. The summed E-state index contributed by atoms with van der Waals surface area (Å²) in [5, 5.41) is 10.2. The van der Waals surface area contributed by atoms with Crippen LogP contribution < -0.4 is 0 Å². The van der Waals surface area contributed by atoms with Crippen molar-refractivity contribution in [3.8, 4) is 0 Å². The molecule has 7 heteroatoms. The van der Waals surface area contributed by atoms with E-state index in [1.807, 2.05) is 0 Å². The maximum atomic E-state index is 12.7. The first-order chi connectivity index (χ1) is 8.68. The van der Waals surface area contributed by atoms with Gasteiger partial charge in [0.25, 0.3) is 0 Å². The van der Waals surface area contributed by atoms with E-state index in [2.05, 4.69) is 0 Å². The molecule has 0 fully saturated rings. The summed E-state index contributed by atoms with van der Waals surface area (Å²) in [4.78, 5) is 0. The molecule has 0 unspecified atom stereocenters. The molecule has 0 bridgehead atoms. The van der Waals surface area contributed by atoms with Gasteiger partial charge in [0, 0.05) is 0 Å². The molecule has 0 spiro atoms. The highest BCUT2D eigenvalue weighted by Gasteiger charge is 2.39. The zero-order valence-corrected chi connectivity index (χ0v) is 9.74. The Morgan fingerprint density at radius 3 is 1.68 bits per heavy atom. The number of hydrogen-bond donors (Lipinski definition) is 0. The van der Waals surface area contributed by atoms with Gasteiger partial charge in [-0.2, -0.15) is 26.3 Å². The molecule has 0 saturated heterocycles. The van der Waals surface area contributed by atoms with Gasteiger partial charge in [0.1, 0.15) is 0 Å². The lowest BCUT2D eigenvalue weighted by Crippen LogP contribution is -2.16. The Hall–Kier alpha value is -1.24. The van der Waals surface area contributed by atoms with Gasteiger partial charge in [0.2, 0.25) is 0 Å². The normalized spacial score (nSPS) is 12.8. The molecule has 0 aliphatic heterocycles. The van der Waals surface area contributed by atoms with Crippen molar-refractivity contribution < 1.29 is 31.4 Å². The minimum Gasteiger partial charge on any atom is -0.237 e. The van der Waals surface area contributed by atoms with Crippen molar-refractivity contribution in [2.45, 2.75) is 31.6 Å². The number of rotatable bonds is 4. The Kier molecular flexibility index (Phi) is 4.84. The van der Waals surface area contributed by atoms with Crippen LogP contribution in [0.2, 0.25) is 0 Å². The number of unbranched alkanes of at least 4 members (excludes halogenated alkanes) is 1. The van der Waals surface area contributed by atoms with Crippen molar-refractivity contribution in [2.24, 2.45) is 0 Å². The molecule has 1 radical (unpaired) electrons. The van der Waals surface area contributed by atoms with Crippen LogP contribution in [0.4, 0.5) is 26.3 Å². The average molecular weight is 285 g/mol. The molecular weight excluding hydrogens is 274 g/mol. The minimum atomic E-state index is -4.84. The third-order valence-electron chi connectivity index (χ3n) is 2.61. The minimum absolute atomic E-state index is 0.000324. The van der Waals surface area contributed by atoms with Crippen molar-refractivity contribution in [3.05, 3.63) is 34.9 Å². The summed E-state index contributed by atoms with van der Waals surface area (Å²) in [7, 11) is 0. The van der Waals surface area contributed by atoms with E-state index in [-0.39, 0.29) is 12.8 Å². The first-order valence-corrected chi connectivity index (χ1v) is 5.52. The van der Waals surface area contributed by atoms with Crippen molar-refractivity contribution in [3.63, 3.8) is 0 Å². The maximum absolute atomic E-state index is 12.7. The second-order valence-corrected chi connectivity index (χ2v) is 3.99. The number of halogens is 6. The lowest BCUT2D eigenvalue weighted by molar-refractivity contribution is -0.144. The molecule has 0 aliphatic rings. The SMILES string of the molecule is [O]CCCCc1c(C(F)(F)F)cccc1C(F)(F)F. The van der Waals surface area contributed by atoms with E-state index < -0.39 is 42.1 Å².